The van der Waals surface area contributed by atoms with Gasteiger partial charge in [0.2, 0.25) is 5.91 Å². The van der Waals surface area contributed by atoms with Gasteiger partial charge in [-0.15, -0.1) is 0 Å². The molecule has 0 aliphatic carbocycles. The first-order valence-electron chi connectivity index (χ1n) is 7.70. The van der Waals surface area contributed by atoms with E-state index in [1.165, 1.54) is 24.3 Å². The quantitative estimate of drug-likeness (QED) is 0.406. The van der Waals surface area contributed by atoms with Gasteiger partial charge in [0, 0.05) is 29.1 Å². The molecule has 0 saturated heterocycles. The number of aryl methyl sites for hydroxylation is 1. The molecular weight excluding hydrogens is 376 g/mol. The molecule has 2 aromatic carbocycles. The predicted molar refractivity (Wildman–Crippen MR) is 98.2 cm³/mol. The van der Waals surface area contributed by atoms with Crippen molar-refractivity contribution in [3.63, 3.8) is 0 Å². The first-order chi connectivity index (χ1) is 12.8. The van der Waals surface area contributed by atoms with Crippen molar-refractivity contribution in [2.24, 2.45) is 5.73 Å². The Balaban J connectivity index is 1.95. The Morgan fingerprint density at radius 1 is 1.30 bits per heavy atom. The van der Waals surface area contributed by atoms with Gasteiger partial charge in [-0.25, -0.2) is 4.79 Å². The number of benzene rings is 2. The summed E-state index contributed by atoms with van der Waals surface area (Å²) in [5.74, 6) is -0.570. The van der Waals surface area contributed by atoms with Gasteiger partial charge >= 0.3 is 5.63 Å². The summed E-state index contributed by atoms with van der Waals surface area (Å²) in [6.07, 6.45) is 0. The number of rotatable bonds is 5. The minimum absolute atomic E-state index is 0.0198. The van der Waals surface area contributed by atoms with Crippen LogP contribution in [0.2, 0.25) is 5.02 Å². The van der Waals surface area contributed by atoms with Crippen molar-refractivity contribution in [3.05, 3.63) is 78.6 Å². The maximum Gasteiger partial charge on any atom is 0.336 e. The minimum Gasteiger partial charge on any atom is -0.487 e. The number of nitro groups is 1. The third-order valence-corrected chi connectivity index (χ3v) is 4.25. The zero-order valence-corrected chi connectivity index (χ0v) is 14.8. The Kier molecular flexibility index (Phi) is 4.83. The van der Waals surface area contributed by atoms with Gasteiger partial charge in [-0.1, -0.05) is 11.6 Å². The van der Waals surface area contributed by atoms with Gasteiger partial charge < -0.3 is 14.9 Å². The topological polar surface area (TPSA) is 126 Å². The zero-order valence-electron chi connectivity index (χ0n) is 14.0. The van der Waals surface area contributed by atoms with Crippen LogP contribution in [-0.2, 0) is 6.61 Å². The fourth-order valence-corrected chi connectivity index (χ4v) is 2.81. The van der Waals surface area contributed by atoms with E-state index in [1.54, 1.807) is 13.0 Å². The molecule has 0 aliphatic rings. The van der Waals surface area contributed by atoms with Crippen LogP contribution in [0.15, 0.2) is 45.6 Å². The molecule has 1 heterocycles. The molecule has 0 saturated carbocycles. The second kappa shape index (κ2) is 7.08. The summed E-state index contributed by atoms with van der Waals surface area (Å²) in [7, 11) is 0. The maximum atomic E-state index is 11.5. The SMILES string of the molecule is Cc1cc(=O)oc2cc(OCc3ccc(C(N)=O)cc3[N+](=O)[O-])c(Cl)cc12. The van der Waals surface area contributed by atoms with Crippen LogP contribution >= 0.6 is 11.6 Å². The lowest BCUT2D eigenvalue weighted by Crippen LogP contribution is -2.12. The number of nitrogens with two attached hydrogens (primary N) is 1. The zero-order chi connectivity index (χ0) is 19.7. The largest absolute Gasteiger partial charge is 0.487 e. The Bertz CT molecular complexity index is 1140. The van der Waals surface area contributed by atoms with E-state index in [2.05, 4.69) is 0 Å². The molecule has 0 fully saturated rings. The highest BCUT2D eigenvalue weighted by atomic mass is 35.5. The van der Waals surface area contributed by atoms with E-state index in [0.29, 0.717) is 10.9 Å². The first-order valence-corrected chi connectivity index (χ1v) is 8.08. The molecule has 2 N–H and O–H groups in total. The molecule has 0 aliphatic heterocycles. The lowest BCUT2D eigenvalue weighted by Gasteiger charge is -2.10. The monoisotopic (exact) mass is 388 g/mol. The smallest absolute Gasteiger partial charge is 0.336 e. The van der Waals surface area contributed by atoms with Crippen LogP contribution in [0.4, 0.5) is 5.69 Å². The second-order valence-electron chi connectivity index (χ2n) is 5.78. The van der Waals surface area contributed by atoms with E-state index in [-0.39, 0.29) is 39.8 Å². The number of hydrogen-bond acceptors (Lipinski definition) is 6. The molecule has 9 heteroatoms. The lowest BCUT2D eigenvalue weighted by molar-refractivity contribution is -0.385. The number of carbonyl (C=O) groups is 1. The van der Waals surface area contributed by atoms with Crippen molar-refractivity contribution < 1.29 is 18.9 Å². The number of nitrogens with zero attached hydrogens (tertiary/aromatic N) is 1. The van der Waals surface area contributed by atoms with E-state index in [4.69, 9.17) is 26.5 Å². The fraction of sp³-hybridized carbons (Fsp3) is 0.111. The number of fused-ring (bicyclic) bond motifs is 1. The molecule has 0 radical (unpaired) electrons. The van der Waals surface area contributed by atoms with E-state index in [9.17, 15) is 19.7 Å². The fourth-order valence-electron chi connectivity index (χ4n) is 2.59. The number of ether oxygens (including phenoxy) is 1. The number of carbonyl (C=O) groups excluding carboxylic acids is 1. The van der Waals surface area contributed by atoms with Crippen LogP contribution in [0, 0.1) is 17.0 Å². The summed E-state index contributed by atoms with van der Waals surface area (Å²) in [4.78, 5) is 33.4. The van der Waals surface area contributed by atoms with Crippen molar-refractivity contribution in [1.82, 2.24) is 0 Å². The highest BCUT2D eigenvalue weighted by molar-refractivity contribution is 6.32. The van der Waals surface area contributed by atoms with Crippen molar-refractivity contribution in [1.29, 1.82) is 0 Å². The normalized spacial score (nSPS) is 10.7. The van der Waals surface area contributed by atoms with Gasteiger partial charge in [-0.3, -0.25) is 14.9 Å². The number of hydrogen-bond donors (Lipinski definition) is 1. The summed E-state index contributed by atoms with van der Waals surface area (Å²) in [5, 5.41) is 12.2. The van der Waals surface area contributed by atoms with Crippen molar-refractivity contribution >= 4 is 34.2 Å². The molecule has 138 valence electrons. The van der Waals surface area contributed by atoms with Gasteiger partial charge in [0.05, 0.1) is 15.5 Å². The van der Waals surface area contributed by atoms with Crippen LogP contribution in [-0.4, -0.2) is 10.8 Å². The average Bonchev–Trinajstić information content (AvgIpc) is 2.60. The Morgan fingerprint density at radius 2 is 2.04 bits per heavy atom. The maximum absolute atomic E-state index is 11.5. The van der Waals surface area contributed by atoms with Crippen LogP contribution in [0.1, 0.15) is 21.5 Å². The standard InChI is InChI=1S/C18H13ClN2O6/c1-9-4-17(22)27-15-7-16(13(19)6-12(9)15)26-8-11-3-2-10(18(20)23)5-14(11)21(24)25/h2-7H,8H2,1H3,(H2,20,23). The molecule has 0 atom stereocenters. The van der Waals surface area contributed by atoms with Crippen LogP contribution < -0.4 is 16.1 Å². The van der Waals surface area contributed by atoms with Crippen LogP contribution in [0.3, 0.4) is 0 Å². The summed E-state index contributed by atoms with van der Waals surface area (Å²) in [6.45, 7) is 1.57. The van der Waals surface area contributed by atoms with Gasteiger partial charge in [-0.05, 0) is 30.7 Å². The number of nitro benzene ring substituents is 1. The third kappa shape index (κ3) is 3.75. The molecule has 0 unspecified atom stereocenters. The van der Waals surface area contributed by atoms with Gasteiger partial charge in [0.15, 0.2) is 0 Å². The summed E-state index contributed by atoms with van der Waals surface area (Å²) >= 11 is 6.21. The molecule has 3 rings (SSSR count). The van der Waals surface area contributed by atoms with Crippen molar-refractivity contribution in [2.75, 3.05) is 0 Å². The Hall–Kier alpha value is -3.39. The third-order valence-electron chi connectivity index (χ3n) is 3.95. The molecule has 1 amide bonds. The molecule has 0 bridgehead atoms. The number of primary amides is 1. The van der Waals surface area contributed by atoms with Crippen LogP contribution in [0.5, 0.6) is 5.75 Å². The molecular formula is C18H13ClN2O6. The van der Waals surface area contributed by atoms with Gasteiger partial charge in [0.25, 0.3) is 5.69 Å². The van der Waals surface area contributed by atoms with E-state index < -0.39 is 16.5 Å². The van der Waals surface area contributed by atoms with Gasteiger partial charge in [-0.2, -0.15) is 0 Å². The number of amides is 1. The minimum atomic E-state index is -0.770. The van der Waals surface area contributed by atoms with Gasteiger partial charge in [0.1, 0.15) is 17.9 Å². The summed E-state index contributed by atoms with van der Waals surface area (Å²) in [5.41, 5.74) is 5.58. The summed E-state index contributed by atoms with van der Waals surface area (Å²) in [6, 6.07) is 8.24. The average molecular weight is 389 g/mol. The second-order valence-corrected chi connectivity index (χ2v) is 6.19. The van der Waals surface area contributed by atoms with E-state index in [1.807, 2.05) is 0 Å². The number of halogens is 1. The Morgan fingerprint density at radius 3 is 2.70 bits per heavy atom. The highest BCUT2D eigenvalue weighted by Crippen LogP contribution is 2.32. The molecule has 27 heavy (non-hydrogen) atoms. The molecule has 8 nitrogen and oxygen atoms in total. The van der Waals surface area contributed by atoms with E-state index in [0.717, 1.165) is 6.07 Å². The highest BCUT2D eigenvalue weighted by Gasteiger charge is 2.18. The summed E-state index contributed by atoms with van der Waals surface area (Å²) < 4.78 is 10.7. The molecule has 1 aromatic heterocycles. The van der Waals surface area contributed by atoms with Crippen molar-refractivity contribution in [2.45, 2.75) is 13.5 Å². The van der Waals surface area contributed by atoms with E-state index >= 15 is 0 Å². The molecule has 0 spiro atoms. The predicted octanol–water partition coefficient (Wildman–Crippen LogP) is 3.34. The lowest BCUT2D eigenvalue weighted by atomic mass is 10.1. The Labute approximate surface area is 157 Å². The van der Waals surface area contributed by atoms with Crippen LogP contribution in [0.25, 0.3) is 11.0 Å². The first kappa shape index (κ1) is 18.4. The van der Waals surface area contributed by atoms with Crippen molar-refractivity contribution in [3.8, 4) is 5.75 Å². The molecule has 3 aromatic rings.